The molecule has 122 valence electrons. The number of thiophene rings is 1. The van der Waals surface area contributed by atoms with Gasteiger partial charge >= 0.3 is 5.97 Å². The fraction of sp³-hybridized carbons (Fsp3) is 0.0625. The van der Waals surface area contributed by atoms with Crippen LogP contribution in [0, 0.1) is 0 Å². The van der Waals surface area contributed by atoms with Crippen LogP contribution in [-0.2, 0) is 16.1 Å². The van der Waals surface area contributed by atoms with Crippen molar-refractivity contribution in [3.63, 3.8) is 0 Å². The van der Waals surface area contributed by atoms with Crippen molar-refractivity contribution in [3.8, 4) is 10.7 Å². The summed E-state index contributed by atoms with van der Waals surface area (Å²) in [4.78, 5) is 16.8. The third-order valence-electron chi connectivity index (χ3n) is 2.90. The van der Waals surface area contributed by atoms with Gasteiger partial charge in [-0.2, -0.15) is 4.98 Å². The molecule has 0 aliphatic carbocycles. The maximum atomic E-state index is 11.7. The van der Waals surface area contributed by atoms with E-state index in [4.69, 9.17) is 32.5 Å². The van der Waals surface area contributed by atoms with Gasteiger partial charge in [0.15, 0.2) is 6.61 Å². The van der Waals surface area contributed by atoms with Gasteiger partial charge in [0.05, 0.1) is 14.9 Å². The zero-order valence-corrected chi connectivity index (χ0v) is 14.4. The number of ether oxygens (including phenoxy) is 1. The lowest BCUT2D eigenvalue weighted by atomic mass is 10.2. The molecule has 0 saturated carbocycles. The van der Waals surface area contributed by atoms with Crippen LogP contribution in [0.1, 0.15) is 11.5 Å². The zero-order valence-electron chi connectivity index (χ0n) is 12.1. The van der Waals surface area contributed by atoms with E-state index in [1.807, 2.05) is 17.5 Å². The minimum absolute atomic E-state index is 0.0943. The summed E-state index contributed by atoms with van der Waals surface area (Å²) in [6.45, 7) is -0.0943. The predicted molar refractivity (Wildman–Crippen MR) is 92.9 cm³/mol. The van der Waals surface area contributed by atoms with Crippen molar-refractivity contribution in [2.75, 3.05) is 0 Å². The number of nitrogens with zero attached hydrogens (tertiary/aromatic N) is 2. The number of carbonyl (C=O) groups is 1. The highest BCUT2D eigenvalue weighted by Crippen LogP contribution is 2.23. The smallest absolute Gasteiger partial charge is 0.331 e. The van der Waals surface area contributed by atoms with E-state index in [9.17, 15) is 4.79 Å². The molecule has 5 nitrogen and oxygen atoms in total. The Bertz CT molecular complexity index is 875. The maximum Gasteiger partial charge on any atom is 0.331 e. The van der Waals surface area contributed by atoms with Crippen molar-refractivity contribution in [3.05, 3.63) is 63.3 Å². The van der Waals surface area contributed by atoms with Crippen molar-refractivity contribution < 1.29 is 14.1 Å². The Balaban J connectivity index is 1.55. The highest BCUT2D eigenvalue weighted by molar-refractivity contribution is 7.13. The summed E-state index contributed by atoms with van der Waals surface area (Å²) in [5.41, 5.74) is 0.735. The van der Waals surface area contributed by atoms with Crippen LogP contribution in [0.5, 0.6) is 0 Å². The fourth-order valence-electron chi connectivity index (χ4n) is 1.78. The van der Waals surface area contributed by atoms with Gasteiger partial charge in [0.1, 0.15) is 0 Å². The van der Waals surface area contributed by atoms with Gasteiger partial charge < -0.3 is 9.26 Å². The van der Waals surface area contributed by atoms with E-state index in [1.54, 1.807) is 24.3 Å². The largest absolute Gasteiger partial charge is 0.452 e. The second kappa shape index (κ2) is 7.61. The van der Waals surface area contributed by atoms with Gasteiger partial charge in [-0.05, 0) is 35.2 Å². The summed E-state index contributed by atoms with van der Waals surface area (Å²) >= 11 is 13.2. The fourth-order valence-corrected chi connectivity index (χ4v) is 2.74. The first kappa shape index (κ1) is 16.7. The molecule has 0 bridgehead atoms. The third kappa shape index (κ3) is 4.23. The number of hydrogen-bond acceptors (Lipinski definition) is 6. The molecule has 0 N–H and O–H groups in total. The first-order chi connectivity index (χ1) is 11.6. The summed E-state index contributed by atoms with van der Waals surface area (Å²) in [6, 6.07) is 8.82. The van der Waals surface area contributed by atoms with E-state index in [2.05, 4.69) is 10.1 Å². The summed E-state index contributed by atoms with van der Waals surface area (Å²) in [5.74, 6) is 0.175. The molecular formula is C16H10Cl2N2O3S. The average Bonchev–Trinajstić information content (AvgIpc) is 3.25. The molecule has 0 aliphatic heterocycles. The van der Waals surface area contributed by atoms with E-state index in [1.165, 1.54) is 17.4 Å². The lowest BCUT2D eigenvalue weighted by Crippen LogP contribution is -2.00. The molecule has 0 unspecified atom stereocenters. The lowest BCUT2D eigenvalue weighted by Gasteiger charge is -1.98. The van der Waals surface area contributed by atoms with Crippen LogP contribution < -0.4 is 0 Å². The Morgan fingerprint density at radius 1 is 1.29 bits per heavy atom. The third-order valence-corrected chi connectivity index (χ3v) is 4.51. The second-order valence-corrected chi connectivity index (χ2v) is 6.37. The molecule has 0 radical (unpaired) electrons. The Hall–Kier alpha value is -2.15. The molecule has 3 aromatic rings. The van der Waals surface area contributed by atoms with Crippen LogP contribution in [0.3, 0.4) is 0 Å². The number of carbonyl (C=O) groups excluding carboxylic acids is 1. The standard InChI is InChI=1S/C16H10Cl2N2O3S/c17-11-5-3-10(8-12(11)18)4-6-15(21)22-9-14-19-16(20-23-14)13-2-1-7-24-13/h1-8H,9H2/b6-4+. The van der Waals surface area contributed by atoms with Crippen LogP contribution in [-0.4, -0.2) is 16.1 Å². The van der Waals surface area contributed by atoms with Crippen LogP contribution in [0.25, 0.3) is 16.8 Å². The molecule has 2 aromatic heterocycles. The first-order valence-corrected chi connectivity index (χ1v) is 8.42. The number of aromatic nitrogens is 2. The van der Waals surface area contributed by atoms with Crippen molar-refractivity contribution in [2.45, 2.75) is 6.61 Å². The van der Waals surface area contributed by atoms with Crippen molar-refractivity contribution >= 4 is 46.6 Å². The first-order valence-electron chi connectivity index (χ1n) is 6.78. The van der Waals surface area contributed by atoms with Gasteiger partial charge in [-0.3, -0.25) is 0 Å². The summed E-state index contributed by atoms with van der Waals surface area (Å²) in [7, 11) is 0. The van der Waals surface area contributed by atoms with Crippen LogP contribution in [0.15, 0.2) is 46.3 Å². The molecule has 3 rings (SSSR count). The van der Waals surface area contributed by atoms with Crippen LogP contribution in [0.4, 0.5) is 0 Å². The van der Waals surface area contributed by atoms with Crippen LogP contribution >= 0.6 is 34.5 Å². The molecule has 8 heteroatoms. The van der Waals surface area contributed by atoms with Gasteiger partial charge in [-0.15, -0.1) is 11.3 Å². The monoisotopic (exact) mass is 380 g/mol. The highest BCUT2D eigenvalue weighted by atomic mass is 35.5. The Kier molecular flexibility index (Phi) is 5.30. The van der Waals surface area contributed by atoms with E-state index < -0.39 is 5.97 Å². The Labute approximate surface area is 151 Å². The molecule has 0 aliphatic rings. The van der Waals surface area contributed by atoms with Gasteiger partial charge in [-0.25, -0.2) is 4.79 Å². The summed E-state index contributed by atoms with van der Waals surface area (Å²) in [5, 5.41) is 6.62. The van der Waals surface area contributed by atoms with Gasteiger partial charge in [0.25, 0.3) is 5.89 Å². The topological polar surface area (TPSA) is 65.2 Å². The predicted octanol–water partition coefficient (Wildman–Crippen LogP) is 4.86. The van der Waals surface area contributed by atoms with E-state index in [-0.39, 0.29) is 12.5 Å². The number of hydrogen-bond donors (Lipinski definition) is 0. The molecule has 0 saturated heterocycles. The quantitative estimate of drug-likeness (QED) is 0.466. The van der Waals surface area contributed by atoms with Crippen molar-refractivity contribution in [1.82, 2.24) is 10.1 Å². The number of esters is 1. The van der Waals surface area contributed by atoms with E-state index in [0.29, 0.717) is 15.9 Å². The number of benzene rings is 1. The van der Waals surface area contributed by atoms with Gasteiger partial charge in [0.2, 0.25) is 5.82 Å². The minimum atomic E-state index is -0.531. The maximum absolute atomic E-state index is 11.7. The highest BCUT2D eigenvalue weighted by Gasteiger charge is 2.10. The SMILES string of the molecule is O=C(/C=C/c1ccc(Cl)c(Cl)c1)OCc1nc(-c2cccs2)no1. The molecule has 1 aromatic carbocycles. The zero-order chi connectivity index (χ0) is 16.9. The molecule has 0 spiro atoms. The molecule has 0 atom stereocenters. The van der Waals surface area contributed by atoms with E-state index >= 15 is 0 Å². The summed E-state index contributed by atoms with van der Waals surface area (Å²) < 4.78 is 10.1. The van der Waals surface area contributed by atoms with Gasteiger partial charge in [-0.1, -0.05) is 40.5 Å². The molecule has 0 fully saturated rings. The molecule has 2 heterocycles. The normalized spacial score (nSPS) is 11.1. The number of rotatable bonds is 5. The van der Waals surface area contributed by atoms with Crippen molar-refractivity contribution in [2.24, 2.45) is 0 Å². The second-order valence-electron chi connectivity index (χ2n) is 4.60. The minimum Gasteiger partial charge on any atom is -0.452 e. The van der Waals surface area contributed by atoms with Crippen molar-refractivity contribution in [1.29, 1.82) is 0 Å². The molecule has 24 heavy (non-hydrogen) atoms. The molecule has 0 amide bonds. The number of halogens is 2. The van der Waals surface area contributed by atoms with Crippen LogP contribution in [0.2, 0.25) is 10.0 Å². The van der Waals surface area contributed by atoms with E-state index in [0.717, 1.165) is 10.4 Å². The average molecular weight is 381 g/mol. The Morgan fingerprint density at radius 2 is 2.17 bits per heavy atom. The molecular weight excluding hydrogens is 371 g/mol. The lowest BCUT2D eigenvalue weighted by molar-refractivity contribution is -0.139. The van der Waals surface area contributed by atoms with Gasteiger partial charge in [0, 0.05) is 6.08 Å². The summed E-state index contributed by atoms with van der Waals surface area (Å²) in [6.07, 6.45) is 2.87. The Morgan fingerprint density at radius 3 is 2.92 bits per heavy atom.